The van der Waals surface area contributed by atoms with E-state index in [2.05, 4.69) is 42.3 Å². The normalized spacial score (nSPS) is 18.7. The van der Waals surface area contributed by atoms with E-state index >= 15 is 0 Å². The van der Waals surface area contributed by atoms with E-state index in [0.29, 0.717) is 32.6 Å². The Morgan fingerprint density at radius 2 is 1.71 bits per heavy atom. The van der Waals surface area contributed by atoms with Gasteiger partial charge in [-0.2, -0.15) is 0 Å². The molecule has 1 N–H and O–H groups in total. The number of carbonyl (C=O) groups is 2. The smallest absolute Gasteiger partial charge is 0.317 e. The van der Waals surface area contributed by atoms with Crippen molar-refractivity contribution in [1.82, 2.24) is 15.1 Å². The molecule has 31 heavy (non-hydrogen) atoms. The first-order chi connectivity index (χ1) is 14.5. The molecule has 0 aromatic heterocycles. The quantitative estimate of drug-likeness (QED) is 0.789. The van der Waals surface area contributed by atoms with Crippen molar-refractivity contribution >= 4 is 30.0 Å². The zero-order valence-electron chi connectivity index (χ0n) is 18.2. The third kappa shape index (κ3) is 5.31. The highest BCUT2D eigenvalue weighted by Crippen LogP contribution is 2.24. The second-order valence-electron chi connectivity index (χ2n) is 8.30. The monoisotopic (exact) mass is 442 g/mol. The highest BCUT2D eigenvalue weighted by atomic mass is 35.5. The third-order valence-corrected chi connectivity index (χ3v) is 6.24. The van der Waals surface area contributed by atoms with Crippen LogP contribution in [0.4, 0.5) is 10.5 Å². The molecule has 0 saturated carbocycles. The van der Waals surface area contributed by atoms with Gasteiger partial charge in [0, 0.05) is 51.4 Å². The van der Waals surface area contributed by atoms with Crippen molar-refractivity contribution in [3.8, 4) is 0 Å². The number of urea groups is 1. The number of nitrogens with one attached hydrogen (secondary N) is 1. The molecule has 0 bridgehead atoms. The fourth-order valence-electron chi connectivity index (χ4n) is 4.32. The molecule has 0 aliphatic carbocycles. The number of nitrogens with zero attached hydrogens (tertiary/aromatic N) is 3. The van der Waals surface area contributed by atoms with Crippen LogP contribution in [0.3, 0.4) is 0 Å². The number of hydrogen-bond acceptors (Lipinski definition) is 3. The lowest BCUT2D eigenvalue weighted by Crippen LogP contribution is -2.54. The zero-order chi connectivity index (χ0) is 21.1. The maximum Gasteiger partial charge on any atom is 0.317 e. The molecule has 166 valence electrons. The van der Waals surface area contributed by atoms with Crippen LogP contribution in [-0.4, -0.2) is 60.5 Å². The molecule has 1 atom stereocenters. The van der Waals surface area contributed by atoms with Gasteiger partial charge in [-0.25, -0.2) is 4.79 Å². The van der Waals surface area contributed by atoms with Crippen molar-refractivity contribution in [2.75, 3.05) is 37.6 Å². The first kappa shape index (κ1) is 22.9. The van der Waals surface area contributed by atoms with Crippen LogP contribution in [0.5, 0.6) is 0 Å². The summed E-state index contributed by atoms with van der Waals surface area (Å²) in [6.07, 6.45) is 0.376. The average molecular weight is 443 g/mol. The van der Waals surface area contributed by atoms with Gasteiger partial charge in [0.15, 0.2) is 0 Å². The van der Waals surface area contributed by atoms with Crippen LogP contribution in [0.25, 0.3) is 0 Å². The molecule has 2 aromatic rings. The van der Waals surface area contributed by atoms with E-state index in [1.165, 1.54) is 16.8 Å². The molecule has 2 heterocycles. The van der Waals surface area contributed by atoms with E-state index < -0.39 is 0 Å². The van der Waals surface area contributed by atoms with E-state index in [9.17, 15) is 9.59 Å². The van der Waals surface area contributed by atoms with Gasteiger partial charge in [-0.15, -0.1) is 12.4 Å². The molecule has 2 aromatic carbocycles. The summed E-state index contributed by atoms with van der Waals surface area (Å²) in [5, 5.41) is 3.08. The summed E-state index contributed by atoms with van der Waals surface area (Å²) in [4.78, 5) is 31.2. The summed E-state index contributed by atoms with van der Waals surface area (Å²) in [6.45, 7) is 8.47. The number of rotatable bonds is 4. The summed E-state index contributed by atoms with van der Waals surface area (Å²) >= 11 is 0. The largest absolute Gasteiger partial charge is 0.368 e. The lowest BCUT2D eigenvalue weighted by atomic mass is 10.1. The van der Waals surface area contributed by atoms with Gasteiger partial charge in [0.1, 0.15) is 0 Å². The van der Waals surface area contributed by atoms with Crippen molar-refractivity contribution in [1.29, 1.82) is 0 Å². The van der Waals surface area contributed by atoms with Crippen LogP contribution in [0.1, 0.15) is 23.1 Å². The molecule has 4 rings (SSSR count). The Hall–Kier alpha value is -2.73. The van der Waals surface area contributed by atoms with Gasteiger partial charge in [0.05, 0.1) is 6.04 Å². The lowest BCUT2D eigenvalue weighted by Gasteiger charge is -2.37. The number of halogens is 1. The Labute approximate surface area is 190 Å². The van der Waals surface area contributed by atoms with Crippen LogP contribution in [0, 0.1) is 13.8 Å². The second kappa shape index (κ2) is 10.1. The Bertz CT molecular complexity index is 913. The number of likely N-dealkylation sites (tertiary alicyclic amines) is 1. The number of hydrogen-bond donors (Lipinski definition) is 1. The SMILES string of the molecule is Cc1cccc(N2CCN(C(=O)NC3CC(=O)N(Cc4ccccc4)C3)CC2)c1C.Cl. The highest BCUT2D eigenvalue weighted by Gasteiger charge is 2.32. The van der Waals surface area contributed by atoms with Crippen molar-refractivity contribution in [2.45, 2.75) is 32.9 Å². The number of piperazine rings is 1. The van der Waals surface area contributed by atoms with E-state index in [0.717, 1.165) is 18.7 Å². The standard InChI is InChI=1S/C24H30N4O2.ClH/c1-18-7-6-10-22(19(18)2)26-11-13-27(14-12-26)24(30)25-21-15-23(29)28(17-21)16-20-8-4-3-5-9-20;/h3-10,21H,11-17H2,1-2H3,(H,25,30);1H. The Morgan fingerprint density at radius 1 is 1.00 bits per heavy atom. The number of anilines is 1. The molecule has 0 spiro atoms. The number of aryl methyl sites for hydroxylation is 1. The molecule has 0 radical (unpaired) electrons. The predicted molar refractivity (Wildman–Crippen MR) is 126 cm³/mol. The van der Waals surface area contributed by atoms with E-state index in [-0.39, 0.29) is 30.4 Å². The summed E-state index contributed by atoms with van der Waals surface area (Å²) in [6, 6.07) is 16.2. The number of benzene rings is 2. The highest BCUT2D eigenvalue weighted by molar-refractivity contribution is 5.85. The van der Waals surface area contributed by atoms with Gasteiger partial charge in [-0.3, -0.25) is 4.79 Å². The molecule has 2 aliphatic heterocycles. The number of carbonyl (C=O) groups excluding carboxylic acids is 2. The van der Waals surface area contributed by atoms with Crippen molar-refractivity contribution in [3.05, 3.63) is 65.2 Å². The van der Waals surface area contributed by atoms with Gasteiger partial charge in [-0.1, -0.05) is 42.5 Å². The van der Waals surface area contributed by atoms with Crippen LogP contribution < -0.4 is 10.2 Å². The molecule has 2 saturated heterocycles. The summed E-state index contributed by atoms with van der Waals surface area (Å²) < 4.78 is 0. The van der Waals surface area contributed by atoms with Gasteiger partial charge < -0.3 is 20.0 Å². The molecule has 2 fully saturated rings. The van der Waals surface area contributed by atoms with E-state index in [1.807, 2.05) is 40.1 Å². The lowest BCUT2D eigenvalue weighted by molar-refractivity contribution is -0.128. The summed E-state index contributed by atoms with van der Waals surface area (Å²) in [5.74, 6) is 0.101. The minimum atomic E-state index is -0.120. The van der Waals surface area contributed by atoms with Gasteiger partial charge in [0.25, 0.3) is 0 Å². The Kier molecular flexibility index (Phi) is 7.44. The molecule has 1 unspecified atom stereocenters. The van der Waals surface area contributed by atoms with Gasteiger partial charge in [0.2, 0.25) is 5.91 Å². The minimum Gasteiger partial charge on any atom is -0.368 e. The minimum absolute atomic E-state index is 0. The first-order valence-corrected chi connectivity index (χ1v) is 10.7. The van der Waals surface area contributed by atoms with Gasteiger partial charge in [-0.05, 0) is 36.6 Å². The predicted octanol–water partition coefficient (Wildman–Crippen LogP) is 3.36. The average Bonchev–Trinajstić information content (AvgIpc) is 3.09. The fourth-order valence-corrected chi connectivity index (χ4v) is 4.32. The maximum atomic E-state index is 12.8. The van der Waals surface area contributed by atoms with Crippen molar-refractivity contribution < 1.29 is 9.59 Å². The zero-order valence-corrected chi connectivity index (χ0v) is 19.0. The van der Waals surface area contributed by atoms with Crippen LogP contribution in [-0.2, 0) is 11.3 Å². The van der Waals surface area contributed by atoms with Gasteiger partial charge >= 0.3 is 6.03 Å². The topological polar surface area (TPSA) is 55.9 Å². The fraction of sp³-hybridized carbons (Fsp3) is 0.417. The molecular formula is C24H31ClN4O2. The molecule has 7 heteroatoms. The third-order valence-electron chi connectivity index (χ3n) is 6.24. The second-order valence-corrected chi connectivity index (χ2v) is 8.30. The first-order valence-electron chi connectivity index (χ1n) is 10.7. The molecular weight excluding hydrogens is 412 g/mol. The Balaban J connectivity index is 0.00000272. The Morgan fingerprint density at radius 3 is 2.42 bits per heavy atom. The summed E-state index contributed by atoms with van der Waals surface area (Å²) in [7, 11) is 0. The van der Waals surface area contributed by atoms with Crippen LogP contribution >= 0.6 is 12.4 Å². The van der Waals surface area contributed by atoms with Crippen LogP contribution in [0.15, 0.2) is 48.5 Å². The molecule has 6 nitrogen and oxygen atoms in total. The molecule has 3 amide bonds. The van der Waals surface area contributed by atoms with Crippen LogP contribution in [0.2, 0.25) is 0 Å². The molecule has 2 aliphatic rings. The van der Waals surface area contributed by atoms with Crippen molar-refractivity contribution in [3.63, 3.8) is 0 Å². The maximum absolute atomic E-state index is 12.8. The summed E-state index contributed by atoms with van der Waals surface area (Å²) in [5.41, 5.74) is 4.96. The van der Waals surface area contributed by atoms with E-state index in [4.69, 9.17) is 0 Å². The van der Waals surface area contributed by atoms with Crippen molar-refractivity contribution in [2.24, 2.45) is 0 Å². The number of amides is 3. The van der Waals surface area contributed by atoms with E-state index in [1.54, 1.807) is 0 Å².